The minimum absolute atomic E-state index is 0.146. The van der Waals surface area contributed by atoms with Gasteiger partial charge in [0.15, 0.2) is 0 Å². The van der Waals surface area contributed by atoms with Crippen molar-refractivity contribution in [1.82, 2.24) is 4.98 Å². The number of halogens is 3. The van der Waals surface area contributed by atoms with E-state index in [1.807, 2.05) is 19.2 Å². The average Bonchev–Trinajstić information content (AvgIpc) is 2.84. The third kappa shape index (κ3) is 3.52. The van der Waals surface area contributed by atoms with Gasteiger partial charge in [0.25, 0.3) is 0 Å². The molecule has 1 aromatic heterocycles. The number of hydrogen-bond acceptors (Lipinski definition) is 4. The van der Waals surface area contributed by atoms with E-state index < -0.39 is 17.3 Å². The van der Waals surface area contributed by atoms with Crippen molar-refractivity contribution < 1.29 is 13.2 Å². The number of benzene rings is 1. The van der Waals surface area contributed by atoms with Crippen molar-refractivity contribution in [2.75, 3.05) is 5.32 Å². The first kappa shape index (κ1) is 15.3. The zero-order valence-corrected chi connectivity index (χ0v) is 12.1. The van der Waals surface area contributed by atoms with Crippen LogP contribution in [0.15, 0.2) is 23.6 Å². The summed E-state index contributed by atoms with van der Waals surface area (Å²) in [6.07, 6.45) is -4.53. The molecular formula is C14H12F3N3S. The lowest BCUT2D eigenvalue weighted by atomic mass is 10.1. The first-order valence-corrected chi connectivity index (χ1v) is 6.99. The van der Waals surface area contributed by atoms with Crippen molar-refractivity contribution in [3.63, 3.8) is 0 Å². The third-order valence-corrected chi connectivity index (χ3v) is 3.98. The monoisotopic (exact) mass is 311 g/mol. The second-order valence-corrected chi connectivity index (χ2v) is 5.45. The third-order valence-electron chi connectivity index (χ3n) is 2.84. The molecule has 0 radical (unpaired) electrons. The SMILES string of the molecule is Cc1csc(C(C)Nc2ccc(C(F)(F)F)c(C#N)c2)n1. The molecule has 0 saturated carbocycles. The summed E-state index contributed by atoms with van der Waals surface area (Å²) in [7, 11) is 0. The standard InChI is InChI=1S/C14H12F3N3S/c1-8-7-21-13(19-8)9(2)20-11-3-4-12(14(15,16)17)10(5-11)6-18/h3-5,7,9,20H,1-2H3. The quantitative estimate of drug-likeness (QED) is 0.907. The predicted octanol–water partition coefficient (Wildman–Crippen LogP) is 4.52. The molecule has 1 unspecified atom stereocenters. The van der Waals surface area contributed by atoms with Crippen LogP contribution >= 0.6 is 11.3 Å². The summed E-state index contributed by atoms with van der Waals surface area (Å²) in [5.74, 6) is 0. The molecule has 0 saturated heterocycles. The number of hydrogen-bond donors (Lipinski definition) is 1. The highest BCUT2D eigenvalue weighted by Gasteiger charge is 2.33. The molecule has 0 aliphatic heterocycles. The Morgan fingerprint density at radius 1 is 1.38 bits per heavy atom. The van der Waals surface area contributed by atoms with Crippen LogP contribution in [0.1, 0.15) is 34.8 Å². The van der Waals surface area contributed by atoms with E-state index in [4.69, 9.17) is 5.26 Å². The molecule has 110 valence electrons. The first-order chi connectivity index (χ1) is 9.81. The van der Waals surface area contributed by atoms with Gasteiger partial charge in [-0.3, -0.25) is 0 Å². The van der Waals surface area contributed by atoms with E-state index in [-0.39, 0.29) is 6.04 Å². The number of rotatable bonds is 3. The van der Waals surface area contributed by atoms with Crippen LogP contribution < -0.4 is 5.32 Å². The van der Waals surface area contributed by atoms with Gasteiger partial charge in [-0.2, -0.15) is 18.4 Å². The van der Waals surface area contributed by atoms with Crippen molar-refractivity contribution >= 4 is 17.0 Å². The molecule has 7 heteroatoms. The number of aryl methyl sites for hydroxylation is 1. The lowest BCUT2D eigenvalue weighted by Gasteiger charge is -2.15. The largest absolute Gasteiger partial charge is 0.417 e. The van der Waals surface area contributed by atoms with Gasteiger partial charge in [0, 0.05) is 16.8 Å². The second kappa shape index (κ2) is 5.74. The number of alkyl halides is 3. The highest BCUT2D eigenvalue weighted by molar-refractivity contribution is 7.09. The fourth-order valence-electron chi connectivity index (χ4n) is 1.86. The van der Waals surface area contributed by atoms with Crippen molar-refractivity contribution in [2.24, 2.45) is 0 Å². The Hall–Kier alpha value is -2.07. The molecule has 0 aliphatic carbocycles. The van der Waals surface area contributed by atoms with Crippen molar-refractivity contribution in [1.29, 1.82) is 5.26 Å². The molecule has 1 atom stereocenters. The summed E-state index contributed by atoms with van der Waals surface area (Å²) < 4.78 is 38.2. The number of aromatic nitrogens is 1. The van der Waals surface area contributed by atoms with E-state index in [1.165, 1.54) is 23.5 Å². The Kier molecular flexibility index (Phi) is 4.19. The lowest BCUT2D eigenvalue weighted by Crippen LogP contribution is -2.10. The van der Waals surface area contributed by atoms with Crippen LogP contribution in [0, 0.1) is 18.3 Å². The zero-order valence-electron chi connectivity index (χ0n) is 11.3. The molecule has 3 nitrogen and oxygen atoms in total. The molecule has 21 heavy (non-hydrogen) atoms. The molecule has 0 bridgehead atoms. The van der Waals surface area contributed by atoms with Crippen LogP contribution in [0.5, 0.6) is 0 Å². The van der Waals surface area contributed by atoms with Crippen LogP contribution in [-0.4, -0.2) is 4.98 Å². The van der Waals surface area contributed by atoms with Crippen molar-refractivity contribution in [3.05, 3.63) is 45.4 Å². The summed E-state index contributed by atoms with van der Waals surface area (Å²) >= 11 is 1.48. The molecule has 0 fully saturated rings. The van der Waals surface area contributed by atoms with E-state index in [0.717, 1.165) is 16.8 Å². The first-order valence-electron chi connectivity index (χ1n) is 6.11. The molecule has 1 N–H and O–H groups in total. The van der Waals surface area contributed by atoms with Crippen LogP contribution in [0.25, 0.3) is 0 Å². The fourth-order valence-corrected chi connectivity index (χ4v) is 2.66. The number of anilines is 1. The maximum absolute atomic E-state index is 12.7. The number of nitriles is 1. The topological polar surface area (TPSA) is 48.7 Å². The number of thiazole rings is 1. The average molecular weight is 311 g/mol. The Morgan fingerprint density at radius 3 is 2.62 bits per heavy atom. The van der Waals surface area contributed by atoms with E-state index in [1.54, 1.807) is 6.07 Å². The maximum Gasteiger partial charge on any atom is 0.417 e. The minimum Gasteiger partial charge on any atom is -0.376 e. The van der Waals surface area contributed by atoms with Gasteiger partial charge in [-0.1, -0.05) is 0 Å². The summed E-state index contributed by atoms with van der Waals surface area (Å²) in [6, 6.07) is 4.89. The number of nitrogens with zero attached hydrogens (tertiary/aromatic N) is 2. The van der Waals surface area contributed by atoms with Crippen LogP contribution in [0.4, 0.5) is 18.9 Å². The van der Waals surface area contributed by atoms with Crippen LogP contribution in [-0.2, 0) is 6.18 Å². The van der Waals surface area contributed by atoms with Gasteiger partial charge >= 0.3 is 6.18 Å². The smallest absolute Gasteiger partial charge is 0.376 e. The van der Waals surface area contributed by atoms with Gasteiger partial charge in [0.1, 0.15) is 5.01 Å². The van der Waals surface area contributed by atoms with Gasteiger partial charge in [-0.15, -0.1) is 11.3 Å². The van der Waals surface area contributed by atoms with Gasteiger partial charge in [0.05, 0.1) is 23.2 Å². The Morgan fingerprint density at radius 2 is 2.10 bits per heavy atom. The van der Waals surface area contributed by atoms with Crippen LogP contribution in [0.2, 0.25) is 0 Å². The lowest BCUT2D eigenvalue weighted by molar-refractivity contribution is -0.137. The Balaban J connectivity index is 2.24. The predicted molar refractivity (Wildman–Crippen MR) is 75.0 cm³/mol. The maximum atomic E-state index is 12.7. The summed E-state index contributed by atoms with van der Waals surface area (Å²) in [5.41, 5.74) is 0.0389. The van der Waals surface area contributed by atoms with Gasteiger partial charge < -0.3 is 5.32 Å². The minimum atomic E-state index is -4.53. The van der Waals surface area contributed by atoms with E-state index in [9.17, 15) is 13.2 Å². The molecular weight excluding hydrogens is 299 g/mol. The molecule has 2 rings (SSSR count). The van der Waals surface area contributed by atoms with Crippen molar-refractivity contribution in [3.8, 4) is 6.07 Å². The number of nitrogens with one attached hydrogen (secondary N) is 1. The fraction of sp³-hybridized carbons (Fsp3) is 0.286. The van der Waals surface area contributed by atoms with Gasteiger partial charge in [-0.05, 0) is 32.0 Å². The van der Waals surface area contributed by atoms with E-state index in [0.29, 0.717) is 5.69 Å². The normalized spacial score (nSPS) is 12.8. The second-order valence-electron chi connectivity index (χ2n) is 4.56. The molecule has 1 heterocycles. The molecule has 1 aromatic carbocycles. The van der Waals surface area contributed by atoms with Gasteiger partial charge in [-0.25, -0.2) is 4.98 Å². The molecule has 0 amide bonds. The summed E-state index contributed by atoms with van der Waals surface area (Å²) in [6.45, 7) is 3.74. The highest BCUT2D eigenvalue weighted by atomic mass is 32.1. The molecule has 0 spiro atoms. The van der Waals surface area contributed by atoms with E-state index in [2.05, 4.69) is 10.3 Å². The zero-order chi connectivity index (χ0) is 15.6. The van der Waals surface area contributed by atoms with Crippen LogP contribution in [0.3, 0.4) is 0 Å². The summed E-state index contributed by atoms with van der Waals surface area (Å²) in [4.78, 5) is 4.32. The summed E-state index contributed by atoms with van der Waals surface area (Å²) in [5, 5.41) is 14.7. The Bertz CT molecular complexity index is 686. The Labute approximate surface area is 124 Å². The van der Waals surface area contributed by atoms with E-state index >= 15 is 0 Å². The molecule has 0 aliphatic rings. The van der Waals surface area contributed by atoms with Crippen molar-refractivity contribution in [2.45, 2.75) is 26.1 Å². The molecule has 2 aromatic rings. The van der Waals surface area contributed by atoms with Gasteiger partial charge in [0.2, 0.25) is 0 Å². The highest BCUT2D eigenvalue weighted by Crippen LogP contribution is 2.33.